The molecule has 5 atom stereocenters. The lowest BCUT2D eigenvalue weighted by Crippen LogP contribution is -2.59. The molecule has 3 fully saturated rings. The smallest absolute Gasteiger partial charge is 0.408 e. The van der Waals surface area contributed by atoms with Crippen LogP contribution < -0.4 is 10.6 Å². The number of rotatable bonds is 4. The van der Waals surface area contributed by atoms with Gasteiger partial charge in [0.15, 0.2) is 0 Å². The molecule has 35 heavy (non-hydrogen) atoms. The van der Waals surface area contributed by atoms with Crippen LogP contribution in [-0.2, 0) is 14.3 Å². The zero-order chi connectivity index (χ0) is 25.1. The standard InChI is InChI=1S/C27H43N3O5/c1-3-26(2,34)27-18-19(27)12-7-5-4-6-8-15-21(28-25(33)35-20-13-9-10-14-20)24(32)30-17-11-16-22(30)23(31)29-27/h7,12,19-22,34H,3-6,8-11,13-18H2,1-2H3,(H,28,33)(H,29,31)/b12-7-/t19?,21-,22?,26?,27+/m0/s1. The molecule has 196 valence electrons. The topological polar surface area (TPSA) is 108 Å². The Kier molecular flexibility index (Phi) is 8.09. The first-order chi connectivity index (χ1) is 16.8. The fourth-order valence-electron chi connectivity index (χ4n) is 6.18. The number of alkyl carbamates (subject to hydrolysis) is 1. The third-order valence-electron chi connectivity index (χ3n) is 8.75. The lowest BCUT2D eigenvalue weighted by atomic mass is 9.88. The Hall–Kier alpha value is -2.09. The molecule has 1 saturated heterocycles. The molecule has 8 nitrogen and oxygen atoms in total. The minimum Gasteiger partial charge on any atom is -0.446 e. The van der Waals surface area contributed by atoms with Crippen LogP contribution in [0.25, 0.3) is 0 Å². The second-order valence-electron chi connectivity index (χ2n) is 11.2. The average Bonchev–Trinajstić information content (AvgIpc) is 3.18. The van der Waals surface area contributed by atoms with Crippen LogP contribution in [0.4, 0.5) is 4.79 Å². The number of nitrogens with zero attached hydrogens (tertiary/aromatic N) is 1. The molecule has 4 aliphatic rings. The minimum absolute atomic E-state index is 0.0708. The van der Waals surface area contributed by atoms with E-state index in [1.54, 1.807) is 11.8 Å². The molecule has 0 spiro atoms. The molecule has 2 aliphatic carbocycles. The summed E-state index contributed by atoms with van der Waals surface area (Å²) >= 11 is 0. The van der Waals surface area contributed by atoms with E-state index in [9.17, 15) is 19.5 Å². The highest BCUT2D eigenvalue weighted by Crippen LogP contribution is 2.53. The number of carbonyl (C=O) groups is 3. The number of ether oxygens (including phenoxy) is 1. The Morgan fingerprint density at radius 3 is 2.66 bits per heavy atom. The summed E-state index contributed by atoms with van der Waals surface area (Å²) in [6.07, 6.45) is 14.3. The number of hydrogen-bond acceptors (Lipinski definition) is 5. The summed E-state index contributed by atoms with van der Waals surface area (Å²) in [5, 5.41) is 17.2. The van der Waals surface area contributed by atoms with E-state index in [-0.39, 0.29) is 23.8 Å². The third kappa shape index (κ3) is 5.68. The van der Waals surface area contributed by atoms with Crippen molar-refractivity contribution in [1.82, 2.24) is 15.5 Å². The molecule has 0 bridgehead atoms. The number of nitrogens with one attached hydrogen (secondary N) is 2. The Labute approximate surface area is 209 Å². The van der Waals surface area contributed by atoms with Crippen LogP contribution in [0, 0.1) is 5.92 Å². The van der Waals surface area contributed by atoms with Gasteiger partial charge in [0.25, 0.3) is 0 Å². The number of carbonyl (C=O) groups excluding carboxylic acids is 3. The summed E-state index contributed by atoms with van der Waals surface area (Å²) in [6, 6.07) is -1.28. The number of allylic oxidation sites excluding steroid dienone is 1. The summed E-state index contributed by atoms with van der Waals surface area (Å²) < 4.78 is 5.57. The van der Waals surface area contributed by atoms with Crippen molar-refractivity contribution in [2.45, 2.75) is 127 Å². The maximum Gasteiger partial charge on any atom is 0.408 e. The summed E-state index contributed by atoms with van der Waals surface area (Å²) in [5.41, 5.74) is -1.73. The minimum atomic E-state index is -1.03. The third-order valence-corrected chi connectivity index (χ3v) is 8.75. The molecule has 0 aromatic carbocycles. The van der Waals surface area contributed by atoms with Gasteiger partial charge in [-0.3, -0.25) is 9.59 Å². The maximum atomic E-state index is 13.6. The summed E-state index contributed by atoms with van der Waals surface area (Å²) in [7, 11) is 0. The Morgan fingerprint density at radius 1 is 1.17 bits per heavy atom. The van der Waals surface area contributed by atoms with Gasteiger partial charge in [0.2, 0.25) is 11.8 Å². The fourth-order valence-corrected chi connectivity index (χ4v) is 6.18. The first-order valence-corrected chi connectivity index (χ1v) is 13.8. The molecule has 2 aliphatic heterocycles. The van der Waals surface area contributed by atoms with Gasteiger partial charge in [-0.05, 0) is 77.6 Å². The number of amides is 3. The first kappa shape index (κ1) is 26.0. The van der Waals surface area contributed by atoms with Crippen LogP contribution in [0.1, 0.15) is 97.3 Å². The molecule has 8 heteroatoms. The van der Waals surface area contributed by atoms with Gasteiger partial charge in [-0.2, -0.15) is 0 Å². The predicted octanol–water partition coefficient (Wildman–Crippen LogP) is 3.57. The van der Waals surface area contributed by atoms with Crippen molar-refractivity contribution in [2.75, 3.05) is 6.54 Å². The van der Waals surface area contributed by atoms with E-state index in [4.69, 9.17) is 4.74 Å². The molecule has 4 rings (SSSR count). The Balaban J connectivity index is 1.51. The van der Waals surface area contributed by atoms with Gasteiger partial charge < -0.3 is 25.4 Å². The van der Waals surface area contributed by atoms with E-state index in [0.717, 1.165) is 57.8 Å². The van der Waals surface area contributed by atoms with Crippen molar-refractivity contribution in [3.05, 3.63) is 12.2 Å². The highest BCUT2D eigenvalue weighted by molar-refractivity contribution is 5.92. The van der Waals surface area contributed by atoms with Crippen molar-refractivity contribution in [3.8, 4) is 0 Å². The molecule has 0 radical (unpaired) electrons. The molecule has 3 amide bonds. The van der Waals surface area contributed by atoms with Crippen LogP contribution in [0.2, 0.25) is 0 Å². The highest BCUT2D eigenvalue weighted by atomic mass is 16.6. The molecule has 0 aromatic rings. The SMILES string of the molecule is CCC(C)(O)[C@@]12CC1/C=C\CCCCC[C@H](NC(=O)OC1CCCC1)C(=O)N1CCCC1C(=O)N2. The van der Waals surface area contributed by atoms with Gasteiger partial charge in [-0.25, -0.2) is 4.79 Å². The molecular weight excluding hydrogens is 446 g/mol. The number of hydrogen-bond donors (Lipinski definition) is 3. The molecule has 3 unspecified atom stereocenters. The second kappa shape index (κ2) is 10.9. The Bertz CT molecular complexity index is 822. The fraction of sp³-hybridized carbons (Fsp3) is 0.815. The monoisotopic (exact) mass is 489 g/mol. The van der Waals surface area contributed by atoms with Crippen molar-refractivity contribution in [3.63, 3.8) is 0 Å². The highest BCUT2D eigenvalue weighted by Gasteiger charge is 2.64. The molecule has 3 N–H and O–H groups in total. The lowest BCUT2D eigenvalue weighted by molar-refractivity contribution is -0.141. The van der Waals surface area contributed by atoms with Gasteiger partial charge in [0.1, 0.15) is 18.2 Å². The van der Waals surface area contributed by atoms with Gasteiger partial charge in [-0.15, -0.1) is 0 Å². The number of fused-ring (bicyclic) bond motifs is 2. The average molecular weight is 490 g/mol. The summed E-state index contributed by atoms with van der Waals surface area (Å²) in [6.45, 7) is 4.22. The van der Waals surface area contributed by atoms with Crippen LogP contribution in [0.15, 0.2) is 12.2 Å². The molecule has 2 saturated carbocycles. The van der Waals surface area contributed by atoms with Crippen molar-refractivity contribution >= 4 is 17.9 Å². The Morgan fingerprint density at radius 2 is 1.91 bits per heavy atom. The van der Waals surface area contributed by atoms with Crippen LogP contribution in [-0.4, -0.2) is 63.8 Å². The molecule has 2 heterocycles. The van der Waals surface area contributed by atoms with E-state index in [0.29, 0.717) is 32.2 Å². The summed E-state index contributed by atoms with van der Waals surface area (Å²) in [4.78, 5) is 41.4. The van der Waals surface area contributed by atoms with E-state index >= 15 is 0 Å². The van der Waals surface area contributed by atoms with E-state index in [1.165, 1.54) is 0 Å². The largest absolute Gasteiger partial charge is 0.446 e. The second-order valence-corrected chi connectivity index (χ2v) is 11.2. The van der Waals surface area contributed by atoms with Crippen molar-refractivity contribution in [2.24, 2.45) is 5.92 Å². The van der Waals surface area contributed by atoms with Gasteiger partial charge in [0, 0.05) is 12.5 Å². The lowest BCUT2D eigenvalue weighted by Gasteiger charge is -2.36. The van der Waals surface area contributed by atoms with Gasteiger partial charge in [-0.1, -0.05) is 31.9 Å². The van der Waals surface area contributed by atoms with E-state index < -0.39 is 29.3 Å². The normalized spacial score (nSPS) is 35.1. The van der Waals surface area contributed by atoms with Crippen molar-refractivity contribution in [1.29, 1.82) is 0 Å². The number of aliphatic hydroxyl groups is 1. The van der Waals surface area contributed by atoms with E-state index in [2.05, 4.69) is 22.8 Å². The zero-order valence-corrected chi connectivity index (χ0v) is 21.4. The quantitative estimate of drug-likeness (QED) is 0.523. The summed E-state index contributed by atoms with van der Waals surface area (Å²) in [5.74, 6) is -0.317. The zero-order valence-electron chi connectivity index (χ0n) is 21.4. The van der Waals surface area contributed by atoms with Crippen molar-refractivity contribution < 1.29 is 24.2 Å². The van der Waals surface area contributed by atoms with Crippen LogP contribution in [0.5, 0.6) is 0 Å². The molecule has 0 aromatic heterocycles. The predicted molar refractivity (Wildman–Crippen MR) is 133 cm³/mol. The van der Waals surface area contributed by atoms with E-state index in [1.807, 2.05) is 6.92 Å². The maximum absolute atomic E-state index is 13.6. The van der Waals surface area contributed by atoms with Gasteiger partial charge >= 0.3 is 6.09 Å². The molecular formula is C27H43N3O5. The van der Waals surface area contributed by atoms with Crippen LogP contribution >= 0.6 is 0 Å². The van der Waals surface area contributed by atoms with Crippen LogP contribution in [0.3, 0.4) is 0 Å². The van der Waals surface area contributed by atoms with Gasteiger partial charge in [0.05, 0.1) is 11.1 Å². The first-order valence-electron chi connectivity index (χ1n) is 13.8.